The number of nitrogens with two attached hydrogens (primary N) is 1. The molecule has 0 radical (unpaired) electrons. The molecule has 0 bridgehead atoms. The second-order valence-corrected chi connectivity index (χ2v) is 4.64. The molecule has 19 heavy (non-hydrogen) atoms. The Kier molecular flexibility index (Phi) is 4.19. The highest BCUT2D eigenvalue weighted by molar-refractivity contribution is 5.39. The standard InChI is InChI=1S/C14H20N4O/c1-10(2)18-12(8-9-16-18)14(17-15)11-6-4-5-7-13(11)19-3/h4-10,14,17H,15H2,1-3H3. The summed E-state index contributed by atoms with van der Waals surface area (Å²) >= 11 is 0. The number of hydrogen-bond donors (Lipinski definition) is 2. The normalized spacial score (nSPS) is 12.7. The van der Waals surface area contributed by atoms with Gasteiger partial charge in [0.1, 0.15) is 5.75 Å². The molecular weight excluding hydrogens is 240 g/mol. The maximum atomic E-state index is 5.74. The average molecular weight is 260 g/mol. The fraction of sp³-hybridized carbons (Fsp3) is 0.357. The fourth-order valence-electron chi connectivity index (χ4n) is 2.22. The lowest BCUT2D eigenvalue weighted by atomic mass is 10.0. The van der Waals surface area contributed by atoms with Gasteiger partial charge >= 0.3 is 0 Å². The van der Waals surface area contributed by atoms with Crippen LogP contribution < -0.4 is 16.0 Å². The lowest BCUT2D eigenvalue weighted by Crippen LogP contribution is -2.31. The van der Waals surface area contributed by atoms with E-state index in [-0.39, 0.29) is 12.1 Å². The molecule has 5 nitrogen and oxygen atoms in total. The van der Waals surface area contributed by atoms with Gasteiger partial charge < -0.3 is 4.74 Å². The van der Waals surface area contributed by atoms with Gasteiger partial charge in [0, 0.05) is 17.8 Å². The van der Waals surface area contributed by atoms with E-state index in [0.717, 1.165) is 17.0 Å². The lowest BCUT2D eigenvalue weighted by Gasteiger charge is -2.21. The molecule has 0 aliphatic heterocycles. The van der Waals surface area contributed by atoms with Crippen LogP contribution in [0.2, 0.25) is 0 Å². The Bertz CT molecular complexity index is 536. The number of benzene rings is 1. The zero-order valence-corrected chi connectivity index (χ0v) is 11.5. The average Bonchev–Trinajstić information content (AvgIpc) is 2.89. The first-order valence-electron chi connectivity index (χ1n) is 6.31. The van der Waals surface area contributed by atoms with Crippen molar-refractivity contribution in [2.75, 3.05) is 7.11 Å². The molecule has 2 rings (SSSR count). The van der Waals surface area contributed by atoms with Crippen molar-refractivity contribution in [3.63, 3.8) is 0 Å². The molecule has 1 heterocycles. The van der Waals surface area contributed by atoms with Crippen molar-refractivity contribution in [2.24, 2.45) is 5.84 Å². The van der Waals surface area contributed by atoms with Crippen molar-refractivity contribution >= 4 is 0 Å². The Hall–Kier alpha value is -1.85. The minimum Gasteiger partial charge on any atom is -0.496 e. The number of rotatable bonds is 5. The quantitative estimate of drug-likeness (QED) is 0.637. The number of nitrogens with zero attached hydrogens (tertiary/aromatic N) is 2. The van der Waals surface area contributed by atoms with E-state index in [0.29, 0.717) is 0 Å². The smallest absolute Gasteiger partial charge is 0.124 e. The van der Waals surface area contributed by atoms with Gasteiger partial charge in [-0.2, -0.15) is 5.10 Å². The Morgan fingerprint density at radius 2 is 2.00 bits per heavy atom. The number of nitrogens with one attached hydrogen (secondary N) is 1. The van der Waals surface area contributed by atoms with Gasteiger partial charge in [-0.25, -0.2) is 5.43 Å². The van der Waals surface area contributed by atoms with Crippen LogP contribution in [0.15, 0.2) is 36.5 Å². The molecule has 0 amide bonds. The summed E-state index contributed by atoms with van der Waals surface area (Å²) in [4.78, 5) is 0. The van der Waals surface area contributed by atoms with Crippen LogP contribution in [-0.2, 0) is 0 Å². The summed E-state index contributed by atoms with van der Waals surface area (Å²) in [6.07, 6.45) is 1.79. The second-order valence-electron chi connectivity index (χ2n) is 4.64. The van der Waals surface area contributed by atoms with Crippen molar-refractivity contribution in [3.8, 4) is 5.75 Å². The van der Waals surface area contributed by atoms with Crippen molar-refractivity contribution < 1.29 is 4.74 Å². The largest absolute Gasteiger partial charge is 0.496 e. The molecule has 5 heteroatoms. The zero-order chi connectivity index (χ0) is 13.8. The minimum atomic E-state index is -0.152. The van der Waals surface area contributed by atoms with Gasteiger partial charge in [0.15, 0.2) is 0 Å². The summed E-state index contributed by atoms with van der Waals surface area (Å²) in [6.45, 7) is 4.18. The molecule has 0 saturated heterocycles. The molecular formula is C14H20N4O. The van der Waals surface area contributed by atoms with Gasteiger partial charge in [-0.15, -0.1) is 0 Å². The summed E-state index contributed by atoms with van der Waals surface area (Å²) < 4.78 is 7.36. The lowest BCUT2D eigenvalue weighted by molar-refractivity contribution is 0.400. The predicted octanol–water partition coefficient (Wildman–Crippen LogP) is 2.03. The van der Waals surface area contributed by atoms with Crippen LogP contribution in [0.3, 0.4) is 0 Å². The summed E-state index contributed by atoms with van der Waals surface area (Å²) in [5, 5.41) is 4.35. The van der Waals surface area contributed by atoms with E-state index in [2.05, 4.69) is 24.4 Å². The first-order chi connectivity index (χ1) is 9.19. The SMILES string of the molecule is COc1ccccc1C(NN)c1ccnn1C(C)C. The molecule has 0 saturated carbocycles. The molecule has 0 aliphatic carbocycles. The van der Waals surface area contributed by atoms with Crippen LogP contribution in [0.5, 0.6) is 5.75 Å². The summed E-state index contributed by atoms with van der Waals surface area (Å²) in [6, 6.07) is 9.93. The van der Waals surface area contributed by atoms with Gasteiger partial charge in [0.25, 0.3) is 0 Å². The van der Waals surface area contributed by atoms with E-state index in [1.54, 1.807) is 13.3 Å². The first-order valence-corrected chi connectivity index (χ1v) is 6.31. The highest BCUT2D eigenvalue weighted by atomic mass is 16.5. The maximum Gasteiger partial charge on any atom is 0.124 e. The monoisotopic (exact) mass is 260 g/mol. The van der Waals surface area contributed by atoms with Crippen molar-refractivity contribution in [2.45, 2.75) is 25.9 Å². The zero-order valence-electron chi connectivity index (χ0n) is 11.5. The van der Waals surface area contributed by atoms with Crippen LogP contribution in [-0.4, -0.2) is 16.9 Å². The number of hydrogen-bond acceptors (Lipinski definition) is 4. The van der Waals surface area contributed by atoms with E-state index in [4.69, 9.17) is 10.6 Å². The van der Waals surface area contributed by atoms with Crippen molar-refractivity contribution in [1.29, 1.82) is 0 Å². The van der Waals surface area contributed by atoms with Gasteiger partial charge in [0.05, 0.1) is 18.8 Å². The molecule has 0 spiro atoms. The molecule has 2 aromatic rings. The minimum absolute atomic E-state index is 0.152. The van der Waals surface area contributed by atoms with E-state index in [1.807, 2.05) is 35.0 Å². The summed E-state index contributed by atoms with van der Waals surface area (Å²) in [5.74, 6) is 6.55. The molecule has 0 fully saturated rings. The van der Waals surface area contributed by atoms with Gasteiger partial charge in [0.2, 0.25) is 0 Å². The predicted molar refractivity (Wildman–Crippen MR) is 74.8 cm³/mol. The van der Waals surface area contributed by atoms with Crippen LogP contribution >= 0.6 is 0 Å². The van der Waals surface area contributed by atoms with E-state index in [1.165, 1.54) is 0 Å². The highest BCUT2D eigenvalue weighted by Gasteiger charge is 2.21. The Balaban J connectivity index is 2.47. The third-order valence-corrected chi connectivity index (χ3v) is 3.10. The second kappa shape index (κ2) is 5.86. The molecule has 102 valence electrons. The van der Waals surface area contributed by atoms with Crippen LogP contribution in [0, 0.1) is 0 Å². The molecule has 1 unspecified atom stereocenters. The van der Waals surface area contributed by atoms with Crippen LogP contribution in [0.1, 0.15) is 37.2 Å². The summed E-state index contributed by atoms with van der Waals surface area (Å²) in [7, 11) is 1.66. The molecule has 0 aliphatic rings. The van der Waals surface area contributed by atoms with Gasteiger partial charge in [-0.05, 0) is 26.0 Å². The molecule has 1 atom stereocenters. The number of hydrazine groups is 1. The third kappa shape index (κ3) is 2.62. The van der Waals surface area contributed by atoms with Gasteiger partial charge in [-0.1, -0.05) is 18.2 Å². The number of para-hydroxylation sites is 1. The first kappa shape index (κ1) is 13.6. The fourth-order valence-corrected chi connectivity index (χ4v) is 2.22. The number of aromatic nitrogens is 2. The Morgan fingerprint density at radius 1 is 1.26 bits per heavy atom. The Labute approximate surface area is 113 Å². The van der Waals surface area contributed by atoms with Crippen molar-refractivity contribution in [1.82, 2.24) is 15.2 Å². The van der Waals surface area contributed by atoms with Crippen LogP contribution in [0.4, 0.5) is 0 Å². The Morgan fingerprint density at radius 3 is 2.63 bits per heavy atom. The summed E-state index contributed by atoms with van der Waals surface area (Å²) in [5.41, 5.74) is 4.86. The topological polar surface area (TPSA) is 65.1 Å². The van der Waals surface area contributed by atoms with Gasteiger partial charge in [-0.3, -0.25) is 10.5 Å². The molecule has 1 aromatic carbocycles. The van der Waals surface area contributed by atoms with Crippen LogP contribution in [0.25, 0.3) is 0 Å². The highest BCUT2D eigenvalue weighted by Crippen LogP contribution is 2.30. The third-order valence-electron chi connectivity index (χ3n) is 3.10. The maximum absolute atomic E-state index is 5.74. The number of ether oxygens (including phenoxy) is 1. The van der Waals surface area contributed by atoms with E-state index < -0.39 is 0 Å². The molecule has 1 aromatic heterocycles. The molecule has 3 N–H and O–H groups in total. The number of methoxy groups -OCH3 is 1. The van der Waals surface area contributed by atoms with E-state index >= 15 is 0 Å². The van der Waals surface area contributed by atoms with E-state index in [9.17, 15) is 0 Å². The van der Waals surface area contributed by atoms with Crippen molar-refractivity contribution in [3.05, 3.63) is 47.8 Å².